The van der Waals surface area contributed by atoms with Crippen LogP contribution in [-0.4, -0.2) is 45.7 Å². The number of nitrogens with one attached hydrogen (secondary N) is 1. The minimum atomic E-state index is -3.34. The van der Waals surface area contributed by atoms with Crippen LogP contribution in [-0.2, 0) is 33.1 Å². The Balaban J connectivity index is 1.89. The second kappa shape index (κ2) is 7.92. The maximum atomic E-state index is 11.9. The molecule has 0 radical (unpaired) electrons. The molecule has 2 rings (SSSR count). The maximum Gasteiger partial charge on any atom is 0.214 e. The molecule has 2 aromatic rings. The van der Waals surface area contributed by atoms with Gasteiger partial charge in [0.2, 0.25) is 10.0 Å². The highest BCUT2D eigenvalue weighted by Crippen LogP contribution is 2.19. The van der Waals surface area contributed by atoms with Gasteiger partial charge in [-0.05, 0) is 30.7 Å². The zero-order valence-corrected chi connectivity index (χ0v) is 14.6. The standard InChI is InChI=1S/C16H24N2O4S/c1-13-10-15-11-14(4-5-16(15)18(13)2)12-17-23(19,20)9-8-22-7-6-21-3/h4-5,10-11,17H,6-9,12H2,1-3H3. The van der Waals surface area contributed by atoms with Crippen molar-refractivity contribution >= 4 is 20.9 Å². The molecule has 1 aromatic heterocycles. The van der Waals surface area contributed by atoms with E-state index in [1.807, 2.05) is 32.2 Å². The lowest BCUT2D eigenvalue weighted by Crippen LogP contribution is -2.28. The zero-order valence-electron chi connectivity index (χ0n) is 13.8. The first-order chi connectivity index (χ1) is 10.9. The summed E-state index contributed by atoms with van der Waals surface area (Å²) < 4.78 is 38.6. The summed E-state index contributed by atoms with van der Waals surface area (Å²) in [6, 6.07) is 8.07. The molecule has 0 unspecified atom stereocenters. The van der Waals surface area contributed by atoms with Crippen LogP contribution in [0.3, 0.4) is 0 Å². The van der Waals surface area contributed by atoms with Gasteiger partial charge < -0.3 is 14.0 Å². The topological polar surface area (TPSA) is 69.6 Å². The molecule has 0 fully saturated rings. The largest absolute Gasteiger partial charge is 0.382 e. The van der Waals surface area contributed by atoms with Gasteiger partial charge >= 0.3 is 0 Å². The molecule has 1 heterocycles. The Labute approximate surface area is 137 Å². The molecule has 128 valence electrons. The minimum Gasteiger partial charge on any atom is -0.382 e. The van der Waals surface area contributed by atoms with Gasteiger partial charge in [-0.15, -0.1) is 0 Å². The van der Waals surface area contributed by atoms with Gasteiger partial charge in [0.25, 0.3) is 0 Å². The van der Waals surface area contributed by atoms with Crippen LogP contribution in [0.4, 0.5) is 0 Å². The summed E-state index contributed by atoms with van der Waals surface area (Å²) in [5, 5.41) is 1.12. The number of nitrogens with zero attached hydrogens (tertiary/aromatic N) is 1. The fraction of sp³-hybridized carbons (Fsp3) is 0.500. The number of sulfonamides is 1. The first-order valence-electron chi connectivity index (χ1n) is 7.52. The summed E-state index contributed by atoms with van der Waals surface area (Å²) in [7, 11) is 0.249. The Morgan fingerprint density at radius 1 is 1.17 bits per heavy atom. The SMILES string of the molecule is COCCOCCS(=O)(=O)NCc1ccc2c(c1)cc(C)n2C. The van der Waals surface area contributed by atoms with Crippen LogP contribution in [0.15, 0.2) is 24.3 Å². The van der Waals surface area contributed by atoms with E-state index in [1.54, 1.807) is 7.11 Å². The van der Waals surface area contributed by atoms with E-state index in [0.29, 0.717) is 13.2 Å². The van der Waals surface area contributed by atoms with Gasteiger partial charge in [-0.3, -0.25) is 0 Å². The Morgan fingerprint density at radius 2 is 1.96 bits per heavy atom. The summed E-state index contributed by atoms with van der Waals surface area (Å²) in [6.45, 7) is 3.35. The third-order valence-corrected chi connectivity index (χ3v) is 5.06. The number of hydrogen-bond donors (Lipinski definition) is 1. The van der Waals surface area contributed by atoms with E-state index in [2.05, 4.69) is 15.4 Å². The summed E-state index contributed by atoms with van der Waals surface area (Å²) >= 11 is 0. The first-order valence-corrected chi connectivity index (χ1v) is 9.17. The lowest BCUT2D eigenvalue weighted by Gasteiger charge is -2.08. The van der Waals surface area contributed by atoms with Gasteiger partial charge in [0, 0.05) is 37.3 Å². The Hall–Kier alpha value is -1.41. The van der Waals surface area contributed by atoms with Crippen molar-refractivity contribution in [2.24, 2.45) is 7.05 Å². The third kappa shape index (κ3) is 5.04. The molecule has 0 saturated heterocycles. The Kier molecular flexibility index (Phi) is 6.17. The van der Waals surface area contributed by atoms with Gasteiger partial charge in [0.1, 0.15) is 0 Å². The van der Waals surface area contributed by atoms with Crippen molar-refractivity contribution in [3.8, 4) is 0 Å². The van der Waals surface area contributed by atoms with Gasteiger partial charge in [0.05, 0.1) is 25.6 Å². The van der Waals surface area contributed by atoms with Gasteiger partial charge in [-0.25, -0.2) is 13.1 Å². The molecule has 0 aliphatic heterocycles. The molecule has 0 saturated carbocycles. The van der Waals surface area contributed by atoms with E-state index in [0.717, 1.165) is 16.5 Å². The molecule has 0 atom stereocenters. The number of aromatic nitrogens is 1. The van der Waals surface area contributed by atoms with Crippen LogP contribution in [0.1, 0.15) is 11.3 Å². The number of methoxy groups -OCH3 is 1. The van der Waals surface area contributed by atoms with Gasteiger partial charge in [-0.1, -0.05) is 6.07 Å². The van der Waals surface area contributed by atoms with Crippen molar-refractivity contribution in [3.05, 3.63) is 35.5 Å². The molecule has 0 aliphatic carbocycles. The smallest absolute Gasteiger partial charge is 0.214 e. The van der Waals surface area contributed by atoms with E-state index in [1.165, 1.54) is 5.69 Å². The van der Waals surface area contributed by atoms with Crippen LogP contribution in [0.5, 0.6) is 0 Å². The molecule has 6 nitrogen and oxygen atoms in total. The third-order valence-electron chi connectivity index (χ3n) is 3.77. The van der Waals surface area contributed by atoms with E-state index < -0.39 is 10.0 Å². The lowest BCUT2D eigenvalue weighted by atomic mass is 10.1. The number of rotatable bonds is 9. The highest BCUT2D eigenvalue weighted by molar-refractivity contribution is 7.89. The predicted molar refractivity (Wildman–Crippen MR) is 91.0 cm³/mol. The lowest BCUT2D eigenvalue weighted by molar-refractivity contribution is 0.0784. The van der Waals surface area contributed by atoms with Crippen LogP contribution in [0.2, 0.25) is 0 Å². The van der Waals surface area contributed by atoms with Gasteiger partial charge in [0.15, 0.2) is 0 Å². The number of benzene rings is 1. The quantitative estimate of drug-likeness (QED) is 0.704. The van der Waals surface area contributed by atoms with Crippen LogP contribution in [0, 0.1) is 6.92 Å². The highest BCUT2D eigenvalue weighted by atomic mass is 32.2. The molecule has 7 heteroatoms. The van der Waals surface area contributed by atoms with Crippen molar-refractivity contribution in [3.63, 3.8) is 0 Å². The van der Waals surface area contributed by atoms with E-state index in [4.69, 9.17) is 9.47 Å². The normalized spacial score (nSPS) is 12.1. The molecule has 1 aromatic carbocycles. The van der Waals surface area contributed by atoms with Crippen molar-refractivity contribution in [1.29, 1.82) is 0 Å². The predicted octanol–water partition coefficient (Wildman–Crippen LogP) is 1.57. The number of fused-ring (bicyclic) bond motifs is 1. The van der Waals surface area contributed by atoms with Crippen molar-refractivity contribution in [2.45, 2.75) is 13.5 Å². The maximum absolute atomic E-state index is 11.9. The fourth-order valence-electron chi connectivity index (χ4n) is 2.33. The van der Waals surface area contributed by atoms with Crippen molar-refractivity contribution < 1.29 is 17.9 Å². The van der Waals surface area contributed by atoms with Crippen LogP contribution in [0.25, 0.3) is 10.9 Å². The van der Waals surface area contributed by atoms with E-state index >= 15 is 0 Å². The minimum absolute atomic E-state index is 0.0522. The Bertz CT molecular complexity index is 753. The first kappa shape index (κ1) is 17.9. The molecule has 1 N–H and O–H groups in total. The molecule has 0 spiro atoms. The molecule has 23 heavy (non-hydrogen) atoms. The molecule has 0 aliphatic rings. The summed E-state index contributed by atoms with van der Waals surface area (Å²) in [6.07, 6.45) is 0. The average molecular weight is 340 g/mol. The fourth-order valence-corrected chi connectivity index (χ4v) is 3.19. The molecular formula is C16H24N2O4S. The summed E-state index contributed by atoms with van der Waals surface area (Å²) in [5.41, 5.74) is 3.25. The average Bonchev–Trinajstić information content (AvgIpc) is 2.79. The Morgan fingerprint density at radius 3 is 2.70 bits per heavy atom. The van der Waals surface area contributed by atoms with Crippen LogP contribution < -0.4 is 4.72 Å². The molecular weight excluding hydrogens is 316 g/mol. The number of ether oxygens (including phenoxy) is 2. The van der Waals surface area contributed by atoms with E-state index in [9.17, 15) is 8.42 Å². The second-order valence-electron chi connectivity index (χ2n) is 5.48. The number of hydrogen-bond acceptors (Lipinski definition) is 4. The van der Waals surface area contributed by atoms with E-state index in [-0.39, 0.29) is 18.9 Å². The monoisotopic (exact) mass is 340 g/mol. The summed E-state index contributed by atoms with van der Waals surface area (Å²) in [4.78, 5) is 0. The van der Waals surface area contributed by atoms with Crippen LogP contribution >= 0.6 is 0 Å². The number of aryl methyl sites for hydroxylation is 2. The second-order valence-corrected chi connectivity index (χ2v) is 7.41. The van der Waals surface area contributed by atoms with Crippen molar-refractivity contribution in [2.75, 3.05) is 32.7 Å². The zero-order chi connectivity index (χ0) is 16.9. The summed E-state index contributed by atoms with van der Waals surface area (Å²) in [5.74, 6) is -0.0522. The van der Waals surface area contributed by atoms with Crippen molar-refractivity contribution in [1.82, 2.24) is 9.29 Å². The highest BCUT2D eigenvalue weighted by Gasteiger charge is 2.10. The van der Waals surface area contributed by atoms with Gasteiger partial charge in [-0.2, -0.15) is 0 Å². The molecule has 0 amide bonds. The molecule has 0 bridgehead atoms.